The van der Waals surface area contributed by atoms with E-state index in [2.05, 4.69) is 0 Å². The fourth-order valence-electron chi connectivity index (χ4n) is 2.02. The van der Waals surface area contributed by atoms with Crippen molar-refractivity contribution in [3.8, 4) is 0 Å². The van der Waals surface area contributed by atoms with Crippen LogP contribution in [0.3, 0.4) is 0 Å². The number of carbonyl (C=O) groups excluding carboxylic acids is 1. The van der Waals surface area contributed by atoms with Gasteiger partial charge < -0.3 is 9.47 Å². The van der Waals surface area contributed by atoms with Gasteiger partial charge in [-0.3, -0.25) is 4.79 Å². The van der Waals surface area contributed by atoms with Crippen molar-refractivity contribution in [3.05, 3.63) is 70.7 Å². The smallest absolute Gasteiger partial charge is 0.313 e. The van der Waals surface area contributed by atoms with Crippen LogP contribution in [-0.4, -0.2) is 18.7 Å². The van der Waals surface area contributed by atoms with Crippen molar-refractivity contribution >= 4 is 29.4 Å². The summed E-state index contributed by atoms with van der Waals surface area (Å²) in [5.41, 5.74) is 1.77. The van der Waals surface area contributed by atoms with Crippen molar-refractivity contribution in [2.75, 3.05) is 6.61 Å². The second kappa shape index (κ2) is 6.77. The maximum absolute atomic E-state index is 12.0. The van der Waals surface area contributed by atoms with Gasteiger partial charge in [-0.05, 0) is 23.8 Å². The third kappa shape index (κ3) is 4.20. The first kappa shape index (κ1) is 14.8. The minimum absolute atomic E-state index is 0.0139. The number of carbonyl (C=O) groups is 1. The van der Waals surface area contributed by atoms with E-state index >= 15 is 0 Å². The van der Waals surface area contributed by atoms with Gasteiger partial charge in [0, 0.05) is 10.6 Å². The van der Waals surface area contributed by atoms with Crippen LogP contribution in [0.25, 0.3) is 11.8 Å². The van der Waals surface area contributed by atoms with Gasteiger partial charge in [0.2, 0.25) is 0 Å². The Morgan fingerprint density at radius 2 is 1.86 bits per heavy atom. The van der Waals surface area contributed by atoms with E-state index in [1.165, 1.54) is 0 Å². The van der Waals surface area contributed by atoms with Gasteiger partial charge in [0.05, 0.1) is 19.1 Å². The van der Waals surface area contributed by atoms with E-state index < -0.39 is 0 Å². The minimum atomic E-state index is -0.286. The molecule has 0 radical (unpaired) electrons. The average Bonchev–Trinajstić information content (AvgIpc) is 3.33. The Labute approximate surface area is 134 Å². The molecule has 1 aliphatic heterocycles. The second-order valence-electron chi connectivity index (χ2n) is 5.06. The molecule has 0 amide bonds. The zero-order valence-corrected chi connectivity index (χ0v) is 12.6. The molecule has 4 heteroatoms. The lowest BCUT2D eigenvalue weighted by atomic mass is 10.1. The van der Waals surface area contributed by atoms with Crippen LogP contribution in [0.15, 0.2) is 54.6 Å². The molecule has 22 heavy (non-hydrogen) atoms. The number of hydrogen-bond acceptors (Lipinski definition) is 3. The molecular formula is C18H15ClO3. The minimum Gasteiger partial charge on any atom is -0.426 e. The van der Waals surface area contributed by atoms with Crippen LogP contribution in [-0.2, 0) is 14.3 Å². The third-order valence-electron chi connectivity index (χ3n) is 3.25. The first-order chi connectivity index (χ1) is 10.7. The normalized spacial score (nSPS) is 17.1. The van der Waals surface area contributed by atoms with Gasteiger partial charge in [-0.2, -0.15) is 0 Å². The Balaban J connectivity index is 1.84. The van der Waals surface area contributed by atoms with Crippen molar-refractivity contribution in [2.45, 2.75) is 12.5 Å². The van der Waals surface area contributed by atoms with Crippen molar-refractivity contribution in [1.82, 2.24) is 0 Å². The molecule has 0 saturated carbocycles. The highest BCUT2D eigenvalue weighted by Crippen LogP contribution is 2.23. The number of benzene rings is 2. The van der Waals surface area contributed by atoms with Crippen molar-refractivity contribution in [2.24, 2.45) is 0 Å². The highest BCUT2D eigenvalue weighted by atomic mass is 35.5. The maximum Gasteiger partial charge on any atom is 0.313 e. The summed E-state index contributed by atoms with van der Waals surface area (Å²) in [6.07, 6.45) is 2.13. The number of halogens is 1. The summed E-state index contributed by atoms with van der Waals surface area (Å²) in [6.45, 7) is 0.636. The van der Waals surface area contributed by atoms with Crippen LogP contribution < -0.4 is 0 Å². The maximum atomic E-state index is 12.0. The summed E-state index contributed by atoms with van der Waals surface area (Å²) in [5.74, 6) is 0.236. The molecular weight excluding hydrogens is 300 g/mol. The fraction of sp³-hybridized carbons (Fsp3) is 0.167. The molecule has 3 rings (SSSR count). The van der Waals surface area contributed by atoms with E-state index in [-0.39, 0.29) is 18.5 Å². The van der Waals surface area contributed by atoms with Crippen molar-refractivity contribution in [3.63, 3.8) is 0 Å². The summed E-state index contributed by atoms with van der Waals surface area (Å²) in [4.78, 5) is 12.0. The first-order valence-corrected chi connectivity index (χ1v) is 7.43. The quantitative estimate of drug-likeness (QED) is 0.360. The summed E-state index contributed by atoms with van der Waals surface area (Å²) in [6, 6.07) is 16.9. The van der Waals surface area contributed by atoms with Crippen molar-refractivity contribution < 1.29 is 14.3 Å². The standard InChI is InChI=1S/C18H15ClO3/c19-15-8-6-13(7-9-15)10-17(14-4-2-1-3-5-14)22-18(20)11-16-12-21-16/h1-10,16H,11-12H2/b17-10+/t16-/m0/s1. The van der Waals surface area contributed by atoms with Crippen LogP contribution in [0, 0.1) is 0 Å². The fourth-order valence-corrected chi connectivity index (χ4v) is 2.15. The Bertz CT molecular complexity index is 673. The molecule has 1 atom stereocenters. The molecule has 1 fully saturated rings. The van der Waals surface area contributed by atoms with Gasteiger partial charge in [-0.1, -0.05) is 54.1 Å². The number of epoxide rings is 1. The summed E-state index contributed by atoms with van der Waals surface area (Å²) in [7, 11) is 0. The molecule has 3 nitrogen and oxygen atoms in total. The molecule has 1 aliphatic rings. The van der Waals surface area contributed by atoms with Gasteiger partial charge in [-0.15, -0.1) is 0 Å². The molecule has 0 N–H and O–H groups in total. The van der Waals surface area contributed by atoms with E-state index in [4.69, 9.17) is 21.1 Å². The van der Waals surface area contributed by atoms with E-state index in [0.717, 1.165) is 11.1 Å². The Hall–Kier alpha value is -2.10. The van der Waals surface area contributed by atoms with E-state index in [9.17, 15) is 4.79 Å². The topological polar surface area (TPSA) is 38.8 Å². The van der Waals surface area contributed by atoms with Crippen LogP contribution in [0.4, 0.5) is 0 Å². The molecule has 1 heterocycles. The monoisotopic (exact) mass is 314 g/mol. The largest absolute Gasteiger partial charge is 0.426 e. The van der Waals surface area contributed by atoms with Gasteiger partial charge in [0.25, 0.3) is 0 Å². The molecule has 0 aromatic heterocycles. The predicted octanol–water partition coefficient (Wildman–Crippen LogP) is 4.17. The number of rotatable bonds is 5. The Morgan fingerprint density at radius 1 is 1.18 bits per heavy atom. The zero-order valence-electron chi connectivity index (χ0n) is 11.9. The third-order valence-corrected chi connectivity index (χ3v) is 3.50. The summed E-state index contributed by atoms with van der Waals surface area (Å²) < 4.78 is 10.6. The number of ether oxygens (including phenoxy) is 2. The molecule has 2 aromatic rings. The lowest BCUT2D eigenvalue weighted by Crippen LogP contribution is -2.07. The van der Waals surface area contributed by atoms with E-state index in [1.807, 2.05) is 48.5 Å². The van der Waals surface area contributed by atoms with Gasteiger partial charge in [0.15, 0.2) is 0 Å². The van der Waals surface area contributed by atoms with Gasteiger partial charge in [0.1, 0.15) is 5.76 Å². The molecule has 2 aromatic carbocycles. The van der Waals surface area contributed by atoms with Crippen LogP contribution in [0.5, 0.6) is 0 Å². The van der Waals surface area contributed by atoms with Crippen LogP contribution in [0.1, 0.15) is 17.5 Å². The van der Waals surface area contributed by atoms with E-state index in [0.29, 0.717) is 17.4 Å². The summed E-state index contributed by atoms with van der Waals surface area (Å²) in [5, 5.41) is 0.668. The lowest BCUT2D eigenvalue weighted by molar-refractivity contribution is -0.136. The molecule has 0 spiro atoms. The van der Waals surface area contributed by atoms with Crippen LogP contribution >= 0.6 is 11.6 Å². The highest BCUT2D eigenvalue weighted by Gasteiger charge is 2.27. The molecule has 0 bridgehead atoms. The van der Waals surface area contributed by atoms with E-state index in [1.54, 1.807) is 12.1 Å². The van der Waals surface area contributed by atoms with Crippen LogP contribution in [0.2, 0.25) is 5.02 Å². The van der Waals surface area contributed by atoms with Gasteiger partial charge >= 0.3 is 5.97 Å². The molecule has 1 saturated heterocycles. The molecule has 112 valence electrons. The molecule has 0 unspecified atom stereocenters. The Morgan fingerprint density at radius 3 is 2.50 bits per heavy atom. The number of hydrogen-bond donors (Lipinski definition) is 0. The Kier molecular flexibility index (Phi) is 4.56. The summed E-state index contributed by atoms with van der Waals surface area (Å²) >= 11 is 5.89. The molecule has 0 aliphatic carbocycles. The SMILES string of the molecule is O=C(C[C@H]1CO1)O/C(=C/c1ccc(Cl)cc1)c1ccccc1. The van der Waals surface area contributed by atoms with Gasteiger partial charge in [-0.25, -0.2) is 0 Å². The average molecular weight is 315 g/mol. The highest BCUT2D eigenvalue weighted by molar-refractivity contribution is 6.30. The zero-order chi connectivity index (χ0) is 15.4. The first-order valence-electron chi connectivity index (χ1n) is 7.06. The lowest BCUT2D eigenvalue weighted by Gasteiger charge is -2.09. The number of esters is 1. The second-order valence-corrected chi connectivity index (χ2v) is 5.50. The van der Waals surface area contributed by atoms with Crippen molar-refractivity contribution in [1.29, 1.82) is 0 Å². The predicted molar refractivity (Wildman–Crippen MR) is 86.2 cm³/mol.